The number of aromatic amines is 1. The van der Waals surface area contributed by atoms with Gasteiger partial charge in [0.05, 0.1) is 23.2 Å². The normalized spacial score (nSPS) is 10.8. The molecule has 3 rings (SSSR count). The maximum atomic E-state index is 13.6. The highest BCUT2D eigenvalue weighted by molar-refractivity contribution is 5.94. The summed E-state index contributed by atoms with van der Waals surface area (Å²) in [5.74, 6) is -5.58. The van der Waals surface area contributed by atoms with Crippen molar-refractivity contribution in [2.75, 3.05) is 0 Å². The van der Waals surface area contributed by atoms with Crippen LogP contribution < -0.4 is 10.9 Å². The summed E-state index contributed by atoms with van der Waals surface area (Å²) in [4.78, 5) is 23.6. The molecule has 1 amide bonds. The molecule has 2 aromatic carbocycles. The molecule has 24 heavy (non-hydrogen) atoms. The second-order valence-electron chi connectivity index (χ2n) is 4.95. The lowest BCUT2D eigenvalue weighted by Crippen LogP contribution is -2.26. The number of hydrogen-bond acceptors (Lipinski definition) is 3. The number of carbonyl (C=O) groups excluding carboxylic acids is 1. The fourth-order valence-electron chi connectivity index (χ4n) is 2.27. The zero-order valence-electron chi connectivity index (χ0n) is 12.1. The Morgan fingerprint density at radius 3 is 2.50 bits per heavy atom. The van der Waals surface area contributed by atoms with Gasteiger partial charge in [-0.1, -0.05) is 18.2 Å². The molecule has 0 aliphatic heterocycles. The van der Waals surface area contributed by atoms with Crippen LogP contribution in [-0.2, 0) is 6.54 Å². The van der Waals surface area contributed by atoms with Crippen molar-refractivity contribution in [3.8, 4) is 0 Å². The molecule has 5 nitrogen and oxygen atoms in total. The molecule has 1 heterocycles. The van der Waals surface area contributed by atoms with Crippen molar-refractivity contribution in [3.05, 3.63) is 75.5 Å². The molecule has 0 atom stereocenters. The molecule has 0 aliphatic rings. The van der Waals surface area contributed by atoms with Crippen molar-refractivity contribution in [2.24, 2.45) is 0 Å². The van der Waals surface area contributed by atoms with E-state index in [0.29, 0.717) is 22.5 Å². The standard InChI is InChI=1S/C16H10F3N3O2/c17-11-6-5-10(13(18)14(11)19)15(23)20-7-12-8-3-1-2-4-9(8)16(24)22-21-12/h1-6H,7H2,(H,20,23)(H,22,24). The molecule has 0 saturated carbocycles. The van der Waals surface area contributed by atoms with Crippen molar-refractivity contribution in [2.45, 2.75) is 6.54 Å². The summed E-state index contributed by atoms with van der Waals surface area (Å²) >= 11 is 0. The lowest BCUT2D eigenvalue weighted by atomic mass is 10.1. The van der Waals surface area contributed by atoms with Gasteiger partial charge in [-0.3, -0.25) is 9.59 Å². The van der Waals surface area contributed by atoms with Gasteiger partial charge in [0.25, 0.3) is 11.5 Å². The molecule has 0 aliphatic carbocycles. The number of nitrogens with zero attached hydrogens (tertiary/aromatic N) is 1. The Morgan fingerprint density at radius 2 is 1.75 bits per heavy atom. The molecule has 122 valence electrons. The van der Waals surface area contributed by atoms with Crippen LogP contribution in [0.1, 0.15) is 16.1 Å². The van der Waals surface area contributed by atoms with E-state index in [1.807, 2.05) is 0 Å². The summed E-state index contributed by atoms with van der Waals surface area (Å²) in [5, 5.41) is 9.41. The van der Waals surface area contributed by atoms with Crippen molar-refractivity contribution in [3.63, 3.8) is 0 Å². The van der Waals surface area contributed by atoms with Crippen molar-refractivity contribution in [1.82, 2.24) is 15.5 Å². The number of rotatable bonds is 3. The van der Waals surface area contributed by atoms with Crippen LogP contribution in [0.3, 0.4) is 0 Å². The number of amides is 1. The zero-order chi connectivity index (χ0) is 17.3. The van der Waals surface area contributed by atoms with E-state index in [-0.39, 0.29) is 12.1 Å². The van der Waals surface area contributed by atoms with E-state index in [1.54, 1.807) is 24.3 Å². The van der Waals surface area contributed by atoms with E-state index < -0.39 is 28.9 Å². The van der Waals surface area contributed by atoms with Gasteiger partial charge in [0.15, 0.2) is 17.5 Å². The first-order chi connectivity index (χ1) is 11.5. The predicted octanol–water partition coefficient (Wildman–Crippen LogP) is 2.27. The van der Waals surface area contributed by atoms with Gasteiger partial charge in [0, 0.05) is 5.39 Å². The number of aromatic nitrogens is 2. The van der Waals surface area contributed by atoms with Crippen molar-refractivity contribution < 1.29 is 18.0 Å². The largest absolute Gasteiger partial charge is 0.346 e. The Hall–Kier alpha value is -3.16. The van der Waals surface area contributed by atoms with Gasteiger partial charge in [-0.25, -0.2) is 18.3 Å². The minimum atomic E-state index is -1.71. The monoisotopic (exact) mass is 333 g/mol. The maximum Gasteiger partial charge on any atom is 0.272 e. The van der Waals surface area contributed by atoms with E-state index in [1.165, 1.54) is 0 Å². The van der Waals surface area contributed by atoms with Gasteiger partial charge in [-0.05, 0) is 18.2 Å². The number of halogens is 3. The molecule has 8 heteroatoms. The third kappa shape index (κ3) is 2.73. The summed E-state index contributed by atoms with van der Waals surface area (Å²) in [6, 6.07) is 8.14. The first kappa shape index (κ1) is 15.7. The maximum absolute atomic E-state index is 13.6. The van der Waals surface area contributed by atoms with Crippen LogP contribution in [0.5, 0.6) is 0 Å². The highest BCUT2D eigenvalue weighted by Crippen LogP contribution is 2.16. The van der Waals surface area contributed by atoms with E-state index in [2.05, 4.69) is 15.5 Å². The van der Waals surface area contributed by atoms with E-state index in [9.17, 15) is 22.8 Å². The Bertz CT molecular complexity index is 1000. The fourth-order valence-corrected chi connectivity index (χ4v) is 2.27. The van der Waals surface area contributed by atoms with Gasteiger partial charge in [-0.2, -0.15) is 5.10 Å². The number of carbonyl (C=O) groups is 1. The Labute approximate surface area is 133 Å². The molecule has 0 saturated heterocycles. The van der Waals surface area contributed by atoms with Crippen LogP contribution in [-0.4, -0.2) is 16.1 Å². The molecular weight excluding hydrogens is 323 g/mol. The van der Waals surface area contributed by atoms with Crippen LogP contribution in [0.25, 0.3) is 10.8 Å². The van der Waals surface area contributed by atoms with Gasteiger partial charge >= 0.3 is 0 Å². The molecule has 0 bridgehead atoms. The minimum Gasteiger partial charge on any atom is -0.346 e. The average Bonchev–Trinajstić information content (AvgIpc) is 2.59. The summed E-state index contributed by atoms with van der Waals surface area (Å²) in [6.45, 7) is -0.130. The fraction of sp³-hybridized carbons (Fsp3) is 0.0625. The van der Waals surface area contributed by atoms with Crippen molar-refractivity contribution in [1.29, 1.82) is 0 Å². The van der Waals surface area contributed by atoms with E-state index >= 15 is 0 Å². The predicted molar refractivity (Wildman–Crippen MR) is 79.8 cm³/mol. The Balaban J connectivity index is 1.87. The Kier molecular flexibility index (Phi) is 4.03. The molecule has 2 N–H and O–H groups in total. The van der Waals surface area contributed by atoms with Crippen LogP contribution >= 0.6 is 0 Å². The molecule has 1 aromatic heterocycles. The zero-order valence-corrected chi connectivity index (χ0v) is 12.1. The Morgan fingerprint density at radius 1 is 1.04 bits per heavy atom. The van der Waals surface area contributed by atoms with Crippen LogP contribution in [0.2, 0.25) is 0 Å². The molecule has 0 spiro atoms. The third-order valence-electron chi connectivity index (χ3n) is 3.47. The number of H-pyrrole nitrogens is 1. The van der Waals surface area contributed by atoms with Gasteiger partial charge in [0.1, 0.15) is 0 Å². The highest BCUT2D eigenvalue weighted by Gasteiger charge is 2.19. The third-order valence-corrected chi connectivity index (χ3v) is 3.47. The first-order valence-electron chi connectivity index (χ1n) is 6.87. The lowest BCUT2D eigenvalue weighted by Gasteiger charge is -2.08. The van der Waals surface area contributed by atoms with Gasteiger partial charge in [0.2, 0.25) is 0 Å². The second kappa shape index (κ2) is 6.15. The summed E-state index contributed by atoms with van der Waals surface area (Å²) in [6.07, 6.45) is 0. The average molecular weight is 333 g/mol. The quantitative estimate of drug-likeness (QED) is 0.722. The van der Waals surface area contributed by atoms with E-state index in [0.717, 1.165) is 6.07 Å². The molecular formula is C16H10F3N3O2. The molecule has 0 fully saturated rings. The van der Waals surface area contributed by atoms with E-state index in [4.69, 9.17) is 0 Å². The number of nitrogens with one attached hydrogen (secondary N) is 2. The van der Waals surface area contributed by atoms with Gasteiger partial charge in [-0.15, -0.1) is 0 Å². The topological polar surface area (TPSA) is 74.8 Å². The SMILES string of the molecule is O=C(NCc1n[nH]c(=O)c2ccccc12)c1ccc(F)c(F)c1F. The number of benzene rings is 2. The molecule has 3 aromatic rings. The van der Waals surface area contributed by atoms with Crippen LogP contribution in [0, 0.1) is 17.5 Å². The first-order valence-corrected chi connectivity index (χ1v) is 6.87. The highest BCUT2D eigenvalue weighted by atomic mass is 19.2. The smallest absolute Gasteiger partial charge is 0.272 e. The summed E-state index contributed by atoms with van der Waals surface area (Å²) in [5.41, 5.74) is -0.656. The van der Waals surface area contributed by atoms with Crippen LogP contribution in [0.15, 0.2) is 41.2 Å². The second-order valence-corrected chi connectivity index (χ2v) is 4.95. The van der Waals surface area contributed by atoms with Crippen molar-refractivity contribution >= 4 is 16.7 Å². The molecule has 0 unspecified atom stereocenters. The lowest BCUT2D eigenvalue weighted by molar-refractivity contribution is 0.0945. The number of fused-ring (bicyclic) bond motifs is 1. The number of hydrogen-bond donors (Lipinski definition) is 2. The summed E-state index contributed by atoms with van der Waals surface area (Å²) < 4.78 is 39.7. The summed E-state index contributed by atoms with van der Waals surface area (Å²) in [7, 11) is 0. The molecule has 0 radical (unpaired) electrons. The van der Waals surface area contributed by atoms with Gasteiger partial charge < -0.3 is 5.32 Å². The van der Waals surface area contributed by atoms with Crippen LogP contribution in [0.4, 0.5) is 13.2 Å². The minimum absolute atomic E-state index is 0.130.